The number of nitrogens with zero attached hydrogens (tertiary/aromatic N) is 1. The summed E-state index contributed by atoms with van der Waals surface area (Å²) in [5, 5.41) is 8.85. The van der Waals surface area contributed by atoms with Gasteiger partial charge in [-0.1, -0.05) is 18.2 Å². The van der Waals surface area contributed by atoms with Gasteiger partial charge in [-0.15, -0.1) is 11.8 Å². The average molecular weight is 175 g/mol. The van der Waals surface area contributed by atoms with Crippen LogP contribution in [-0.4, -0.2) is 4.75 Å². The summed E-state index contributed by atoms with van der Waals surface area (Å²) in [4.78, 5) is 1.21. The van der Waals surface area contributed by atoms with E-state index in [1.54, 1.807) is 11.8 Å². The Kier molecular flexibility index (Phi) is 1.82. The molecule has 0 N–H and O–H groups in total. The van der Waals surface area contributed by atoms with Gasteiger partial charge in [0, 0.05) is 4.90 Å². The molecule has 1 saturated carbocycles. The number of rotatable bonds is 2. The predicted molar refractivity (Wildman–Crippen MR) is 49.9 cm³/mol. The Bertz CT molecular complexity index is 308. The Morgan fingerprint density at radius 3 is 2.42 bits per heavy atom. The van der Waals surface area contributed by atoms with Crippen LogP contribution >= 0.6 is 11.8 Å². The van der Waals surface area contributed by atoms with Crippen molar-refractivity contribution in [2.45, 2.75) is 22.5 Å². The standard InChI is InChI=1S/C10H9NS/c11-8-10(6-7-10)12-9-4-2-1-3-5-9/h1-5H,6-7H2. The second kappa shape index (κ2) is 2.84. The van der Waals surface area contributed by atoms with Crippen LogP contribution in [0, 0.1) is 11.3 Å². The maximum absolute atomic E-state index is 8.85. The van der Waals surface area contributed by atoms with E-state index in [1.807, 2.05) is 18.2 Å². The van der Waals surface area contributed by atoms with Crippen molar-refractivity contribution in [1.29, 1.82) is 5.26 Å². The Morgan fingerprint density at radius 1 is 1.25 bits per heavy atom. The van der Waals surface area contributed by atoms with Gasteiger partial charge in [0.1, 0.15) is 4.75 Å². The van der Waals surface area contributed by atoms with Gasteiger partial charge in [-0.2, -0.15) is 5.26 Å². The number of nitriles is 1. The first-order valence-corrected chi connectivity index (χ1v) is 4.82. The largest absolute Gasteiger partial charge is 0.197 e. The van der Waals surface area contributed by atoms with Crippen molar-refractivity contribution < 1.29 is 0 Å². The Balaban J connectivity index is 2.11. The van der Waals surface area contributed by atoms with Crippen molar-refractivity contribution >= 4 is 11.8 Å². The quantitative estimate of drug-likeness (QED) is 0.690. The highest BCUT2D eigenvalue weighted by Gasteiger charge is 2.44. The van der Waals surface area contributed by atoms with E-state index >= 15 is 0 Å². The van der Waals surface area contributed by atoms with Gasteiger partial charge in [-0.25, -0.2) is 0 Å². The molecule has 12 heavy (non-hydrogen) atoms. The normalized spacial score (nSPS) is 18.2. The second-order valence-electron chi connectivity index (χ2n) is 3.02. The van der Waals surface area contributed by atoms with E-state index in [0.29, 0.717) is 0 Å². The summed E-state index contributed by atoms with van der Waals surface area (Å²) in [6, 6.07) is 12.5. The van der Waals surface area contributed by atoms with Gasteiger partial charge < -0.3 is 0 Å². The third kappa shape index (κ3) is 1.46. The summed E-state index contributed by atoms with van der Waals surface area (Å²) in [7, 11) is 0. The zero-order valence-electron chi connectivity index (χ0n) is 6.66. The molecule has 2 rings (SSSR count). The topological polar surface area (TPSA) is 23.8 Å². The van der Waals surface area contributed by atoms with Gasteiger partial charge >= 0.3 is 0 Å². The van der Waals surface area contributed by atoms with Crippen LogP contribution in [0.3, 0.4) is 0 Å². The molecule has 1 aliphatic rings. The minimum Gasteiger partial charge on any atom is -0.197 e. The van der Waals surface area contributed by atoms with E-state index < -0.39 is 0 Å². The van der Waals surface area contributed by atoms with E-state index in [2.05, 4.69) is 18.2 Å². The lowest BCUT2D eigenvalue weighted by Crippen LogP contribution is -1.95. The molecule has 0 amide bonds. The maximum atomic E-state index is 8.85. The van der Waals surface area contributed by atoms with Gasteiger partial charge in [0.15, 0.2) is 0 Å². The minimum atomic E-state index is -0.0820. The van der Waals surface area contributed by atoms with Crippen molar-refractivity contribution in [3.8, 4) is 6.07 Å². The molecule has 60 valence electrons. The molecule has 1 aromatic rings. The van der Waals surface area contributed by atoms with Gasteiger partial charge in [-0.3, -0.25) is 0 Å². The Morgan fingerprint density at radius 2 is 1.92 bits per heavy atom. The molecule has 0 heterocycles. The third-order valence-corrected chi connectivity index (χ3v) is 3.36. The first-order valence-electron chi connectivity index (χ1n) is 4.00. The monoisotopic (exact) mass is 175 g/mol. The molecule has 1 nitrogen and oxygen atoms in total. The average Bonchev–Trinajstić information content (AvgIpc) is 2.88. The Labute approximate surface area is 76.4 Å². The van der Waals surface area contributed by atoms with Crippen LogP contribution < -0.4 is 0 Å². The summed E-state index contributed by atoms with van der Waals surface area (Å²) >= 11 is 1.70. The molecule has 1 aliphatic carbocycles. The number of hydrogen-bond donors (Lipinski definition) is 0. The molecule has 0 saturated heterocycles. The Hall–Kier alpha value is -0.940. The van der Waals surface area contributed by atoms with E-state index in [9.17, 15) is 0 Å². The molecule has 0 unspecified atom stereocenters. The fourth-order valence-electron chi connectivity index (χ4n) is 1.06. The van der Waals surface area contributed by atoms with Crippen molar-refractivity contribution in [1.82, 2.24) is 0 Å². The van der Waals surface area contributed by atoms with Gasteiger partial charge in [0.25, 0.3) is 0 Å². The van der Waals surface area contributed by atoms with Gasteiger partial charge in [-0.05, 0) is 25.0 Å². The molecular formula is C10H9NS. The van der Waals surface area contributed by atoms with Crippen molar-refractivity contribution in [3.05, 3.63) is 30.3 Å². The van der Waals surface area contributed by atoms with Gasteiger partial charge in [0.2, 0.25) is 0 Å². The molecule has 0 radical (unpaired) electrons. The molecule has 0 aromatic heterocycles. The fraction of sp³-hybridized carbons (Fsp3) is 0.300. The molecule has 1 aromatic carbocycles. The van der Waals surface area contributed by atoms with Crippen LogP contribution in [0.2, 0.25) is 0 Å². The highest BCUT2D eigenvalue weighted by Crippen LogP contribution is 2.50. The zero-order chi connectivity index (χ0) is 8.44. The van der Waals surface area contributed by atoms with E-state index in [0.717, 1.165) is 12.8 Å². The highest BCUT2D eigenvalue weighted by atomic mass is 32.2. The summed E-state index contributed by atoms with van der Waals surface area (Å²) in [5.41, 5.74) is 0. The fourth-order valence-corrected chi connectivity index (χ4v) is 2.16. The summed E-state index contributed by atoms with van der Waals surface area (Å²) in [6.07, 6.45) is 2.09. The molecular weight excluding hydrogens is 166 g/mol. The molecule has 0 bridgehead atoms. The SMILES string of the molecule is N#CC1(Sc2ccccc2)CC1. The molecule has 0 aliphatic heterocycles. The second-order valence-corrected chi connectivity index (χ2v) is 4.48. The lowest BCUT2D eigenvalue weighted by atomic mass is 10.4. The maximum Gasteiger partial charge on any atom is 0.107 e. The smallest absolute Gasteiger partial charge is 0.107 e. The number of benzene rings is 1. The first-order chi connectivity index (χ1) is 5.85. The zero-order valence-corrected chi connectivity index (χ0v) is 7.47. The minimum absolute atomic E-state index is 0.0820. The summed E-state index contributed by atoms with van der Waals surface area (Å²) in [5.74, 6) is 0. The summed E-state index contributed by atoms with van der Waals surface area (Å²) in [6.45, 7) is 0. The van der Waals surface area contributed by atoms with Crippen LogP contribution in [0.5, 0.6) is 0 Å². The number of thioether (sulfide) groups is 1. The third-order valence-electron chi connectivity index (χ3n) is 1.96. The van der Waals surface area contributed by atoms with Crippen LogP contribution in [0.25, 0.3) is 0 Å². The molecule has 0 spiro atoms. The predicted octanol–water partition coefficient (Wildman–Crippen LogP) is 2.83. The number of hydrogen-bond acceptors (Lipinski definition) is 2. The van der Waals surface area contributed by atoms with E-state index in [-0.39, 0.29) is 4.75 Å². The molecule has 1 fully saturated rings. The van der Waals surface area contributed by atoms with Gasteiger partial charge in [0.05, 0.1) is 6.07 Å². The van der Waals surface area contributed by atoms with Crippen molar-refractivity contribution in [2.24, 2.45) is 0 Å². The van der Waals surface area contributed by atoms with E-state index in [1.165, 1.54) is 4.90 Å². The van der Waals surface area contributed by atoms with Crippen LogP contribution in [0.15, 0.2) is 35.2 Å². The van der Waals surface area contributed by atoms with Crippen LogP contribution in [0.4, 0.5) is 0 Å². The lowest BCUT2D eigenvalue weighted by molar-refractivity contribution is 1.19. The highest BCUT2D eigenvalue weighted by molar-refractivity contribution is 8.01. The first kappa shape index (κ1) is 7.70. The van der Waals surface area contributed by atoms with Crippen molar-refractivity contribution in [3.63, 3.8) is 0 Å². The van der Waals surface area contributed by atoms with E-state index in [4.69, 9.17) is 5.26 Å². The molecule has 2 heteroatoms. The summed E-state index contributed by atoms with van der Waals surface area (Å²) < 4.78 is -0.0820. The van der Waals surface area contributed by atoms with Crippen molar-refractivity contribution in [2.75, 3.05) is 0 Å². The van der Waals surface area contributed by atoms with Crippen LogP contribution in [-0.2, 0) is 0 Å². The lowest BCUT2D eigenvalue weighted by Gasteiger charge is -2.03. The van der Waals surface area contributed by atoms with Crippen LogP contribution in [0.1, 0.15) is 12.8 Å². The molecule has 0 atom stereocenters.